The molecule has 1 radical (unpaired) electrons. The lowest BCUT2D eigenvalue weighted by atomic mass is 10.0. The highest BCUT2D eigenvalue weighted by molar-refractivity contribution is 5.89. The molecule has 0 heterocycles. The number of ether oxygens (including phenoxy) is 1. The summed E-state index contributed by atoms with van der Waals surface area (Å²) in [5.41, 5.74) is 1.79. The van der Waals surface area contributed by atoms with Gasteiger partial charge in [-0.3, -0.25) is 0 Å². The standard InChI is InChI=1S/C13H18NO2/c1-16-13-8-5-11(6-9-13)4-7-12(14)3-2-10-15/h3,5-6,8-9,14-15H,2,4,7,10H2,1H3. The molecule has 1 rings (SSSR count). The molecule has 3 nitrogen and oxygen atoms in total. The summed E-state index contributed by atoms with van der Waals surface area (Å²) in [5.74, 6) is 0.852. The smallest absolute Gasteiger partial charge is 0.118 e. The van der Waals surface area contributed by atoms with Gasteiger partial charge in [0.25, 0.3) is 0 Å². The normalized spacial score (nSPS) is 10.1. The van der Waals surface area contributed by atoms with Crippen LogP contribution in [0.4, 0.5) is 0 Å². The Morgan fingerprint density at radius 1 is 1.38 bits per heavy atom. The summed E-state index contributed by atoms with van der Waals surface area (Å²) in [6.45, 7) is 0.116. The number of hydrogen-bond donors (Lipinski definition) is 2. The average molecular weight is 220 g/mol. The Kier molecular flexibility index (Phi) is 5.57. The van der Waals surface area contributed by atoms with Crippen molar-refractivity contribution in [1.82, 2.24) is 0 Å². The largest absolute Gasteiger partial charge is 0.497 e. The number of rotatable bonds is 7. The second kappa shape index (κ2) is 7.01. The van der Waals surface area contributed by atoms with Crippen LogP contribution in [0.3, 0.4) is 0 Å². The first kappa shape index (κ1) is 12.7. The van der Waals surface area contributed by atoms with Gasteiger partial charge in [-0.05, 0) is 37.0 Å². The fourth-order valence-electron chi connectivity index (χ4n) is 1.41. The summed E-state index contributed by atoms with van der Waals surface area (Å²) in [5, 5.41) is 16.2. The molecule has 0 atom stereocenters. The van der Waals surface area contributed by atoms with Crippen LogP contribution in [0.15, 0.2) is 24.3 Å². The average Bonchev–Trinajstić information content (AvgIpc) is 2.34. The molecule has 1 aromatic carbocycles. The first-order valence-corrected chi connectivity index (χ1v) is 5.40. The van der Waals surface area contributed by atoms with Gasteiger partial charge in [-0.25, -0.2) is 0 Å². The predicted octanol–water partition coefficient (Wildman–Crippen LogP) is 2.23. The molecule has 0 aliphatic carbocycles. The molecule has 0 aliphatic rings. The van der Waals surface area contributed by atoms with E-state index in [1.165, 1.54) is 5.56 Å². The van der Waals surface area contributed by atoms with Crippen molar-refractivity contribution < 1.29 is 9.84 Å². The number of nitrogens with one attached hydrogen (secondary N) is 1. The molecule has 0 bridgehead atoms. The van der Waals surface area contributed by atoms with E-state index in [-0.39, 0.29) is 6.61 Å². The summed E-state index contributed by atoms with van der Waals surface area (Å²) in [7, 11) is 1.65. The monoisotopic (exact) mass is 220 g/mol. The summed E-state index contributed by atoms with van der Waals surface area (Å²) < 4.78 is 5.07. The van der Waals surface area contributed by atoms with Gasteiger partial charge in [0.15, 0.2) is 0 Å². The molecule has 87 valence electrons. The Labute approximate surface area is 96.6 Å². The minimum atomic E-state index is 0.116. The number of aliphatic hydroxyl groups is 1. The van der Waals surface area contributed by atoms with Crippen LogP contribution in [0.2, 0.25) is 0 Å². The number of aryl methyl sites for hydroxylation is 1. The van der Waals surface area contributed by atoms with Crippen LogP contribution < -0.4 is 4.74 Å². The van der Waals surface area contributed by atoms with E-state index in [4.69, 9.17) is 15.3 Å². The van der Waals surface area contributed by atoms with Crippen molar-refractivity contribution in [3.05, 3.63) is 36.2 Å². The van der Waals surface area contributed by atoms with Crippen molar-refractivity contribution in [2.75, 3.05) is 13.7 Å². The second-order valence-corrected chi connectivity index (χ2v) is 3.59. The van der Waals surface area contributed by atoms with Gasteiger partial charge >= 0.3 is 0 Å². The molecule has 1 aromatic rings. The van der Waals surface area contributed by atoms with Gasteiger partial charge in [0.1, 0.15) is 5.75 Å². The predicted molar refractivity (Wildman–Crippen MR) is 65.0 cm³/mol. The molecule has 0 spiro atoms. The first-order chi connectivity index (χ1) is 7.76. The van der Waals surface area contributed by atoms with Crippen molar-refractivity contribution >= 4 is 5.71 Å². The molecule has 0 amide bonds. The van der Waals surface area contributed by atoms with E-state index in [2.05, 4.69) is 0 Å². The van der Waals surface area contributed by atoms with Crippen LogP contribution in [0.25, 0.3) is 0 Å². The topological polar surface area (TPSA) is 53.3 Å². The first-order valence-electron chi connectivity index (χ1n) is 5.40. The molecule has 3 heteroatoms. The van der Waals surface area contributed by atoms with Crippen molar-refractivity contribution in [3.8, 4) is 5.75 Å². The minimum absolute atomic E-state index is 0.116. The van der Waals surface area contributed by atoms with E-state index in [1.807, 2.05) is 24.3 Å². The molecular weight excluding hydrogens is 202 g/mol. The lowest BCUT2D eigenvalue weighted by molar-refractivity contribution is 0.300. The summed E-state index contributed by atoms with van der Waals surface area (Å²) in [6, 6.07) is 7.88. The molecular formula is C13H18NO2. The van der Waals surface area contributed by atoms with E-state index < -0.39 is 0 Å². The van der Waals surface area contributed by atoms with Crippen LogP contribution in [-0.4, -0.2) is 24.5 Å². The van der Waals surface area contributed by atoms with Gasteiger partial charge in [0.2, 0.25) is 0 Å². The van der Waals surface area contributed by atoms with E-state index in [1.54, 1.807) is 13.5 Å². The number of aliphatic hydroxyl groups excluding tert-OH is 1. The Morgan fingerprint density at radius 3 is 2.62 bits per heavy atom. The van der Waals surface area contributed by atoms with Gasteiger partial charge in [0.05, 0.1) is 7.11 Å². The molecule has 0 saturated carbocycles. The molecule has 0 unspecified atom stereocenters. The minimum Gasteiger partial charge on any atom is -0.497 e. The maximum absolute atomic E-state index is 8.62. The molecule has 0 saturated heterocycles. The van der Waals surface area contributed by atoms with Crippen molar-refractivity contribution in [2.24, 2.45) is 0 Å². The summed E-state index contributed by atoms with van der Waals surface area (Å²) in [4.78, 5) is 0. The Balaban J connectivity index is 2.33. The van der Waals surface area contributed by atoms with Crippen LogP contribution in [0.1, 0.15) is 18.4 Å². The third kappa shape index (κ3) is 4.45. The number of benzene rings is 1. The van der Waals surface area contributed by atoms with Gasteiger partial charge in [-0.2, -0.15) is 0 Å². The third-order valence-electron chi connectivity index (χ3n) is 2.36. The van der Waals surface area contributed by atoms with Gasteiger partial charge in [0, 0.05) is 18.7 Å². The molecule has 0 fully saturated rings. The Morgan fingerprint density at radius 2 is 2.06 bits per heavy atom. The molecule has 16 heavy (non-hydrogen) atoms. The van der Waals surface area contributed by atoms with Gasteiger partial charge < -0.3 is 15.3 Å². The summed E-state index contributed by atoms with van der Waals surface area (Å²) >= 11 is 0. The van der Waals surface area contributed by atoms with E-state index in [0.717, 1.165) is 12.2 Å². The maximum Gasteiger partial charge on any atom is 0.118 e. The Bertz CT molecular complexity index is 319. The summed E-state index contributed by atoms with van der Waals surface area (Å²) in [6.07, 6.45) is 3.90. The van der Waals surface area contributed by atoms with Crippen molar-refractivity contribution in [3.63, 3.8) is 0 Å². The lowest BCUT2D eigenvalue weighted by Crippen LogP contribution is -2.01. The zero-order chi connectivity index (χ0) is 11.8. The van der Waals surface area contributed by atoms with Crippen molar-refractivity contribution in [1.29, 1.82) is 5.41 Å². The molecule has 2 N–H and O–H groups in total. The zero-order valence-electron chi connectivity index (χ0n) is 9.57. The van der Waals surface area contributed by atoms with Gasteiger partial charge in [-0.15, -0.1) is 0 Å². The highest BCUT2D eigenvalue weighted by Gasteiger charge is 1.99. The third-order valence-corrected chi connectivity index (χ3v) is 2.36. The molecule has 0 aliphatic heterocycles. The highest BCUT2D eigenvalue weighted by Crippen LogP contribution is 2.13. The Hall–Kier alpha value is -1.35. The van der Waals surface area contributed by atoms with E-state index >= 15 is 0 Å². The van der Waals surface area contributed by atoms with Gasteiger partial charge in [-0.1, -0.05) is 12.1 Å². The fraction of sp³-hybridized carbons (Fsp3) is 0.385. The number of methoxy groups -OCH3 is 1. The maximum atomic E-state index is 8.62. The molecule has 0 aromatic heterocycles. The lowest BCUT2D eigenvalue weighted by Gasteiger charge is -2.04. The highest BCUT2D eigenvalue weighted by atomic mass is 16.5. The van der Waals surface area contributed by atoms with E-state index in [9.17, 15) is 0 Å². The van der Waals surface area contributed by atoms with Crippen LogP contribution in [0.5, 0.6) is 5.75 Å². The second-order valence-electron chi connectivity index (χ2n) is 3.59. The fourth-order valence-corrected chi connectivity index (χ4v) is 1.41. The number of hydrogen-bond acceptors (Lipinski definition) is 3. The van der Waals surface area contributed by atoms with Crippen LogP contribution in [0, 0.1) is 11.8 Å². The van der Waals surface area contributed by atoms with E-state index in [0.29, 0.717) is 18.6 Å². The quantitative estimate of drug-likeness (QED) is 0.692. The van der Waals surface area contributed by atoms with Crippen molar-refractivity contribution in [2.45, 2.75) is 19.3 Å². The van der Waals surface area contributed by atoms with Crippen LogP contribution in [-0.2, 0) is 6.42 Å². The zero-order valence-corrected chi connectivity index (χ0v) is 9.57. The van der Waals surface area contributed by atoms with Crippen LogP contribution >= 0.6 is 0 Å². The SMILES string of the molecule is COc1ccc(CCC(=N)[CH]CCO)cc1.